The Morgan fingerprint density at radius 2 is 2.20 bits per heavy atom. The van der Waals surface area contributed by atoms with E-state index >= 15 is 0 Å². The van der Waals surface area contributed by atoms with Crippen LogP contribution in [0.25, 0.3) is 0 Å². The van der Waals surface area contributed by atoms with Crippen LogP contribution in [0.1, 0.15) is 25.1 Å². The Morgan fingerprint density at radius 1 is 1.60 bits per heavy atom. The number of carbonyl (C=O) groups is 1. The average molecular weight is 213 g/mol. The zero-order valence-corrected chi connectivity index (χ0v) is 9.47. The van der Waals surface area contributed by atoms with Crippen LogP contribution in [0.5, 0.6) is 0 Å². The van der Waals surface area contributed by atoms with Crippen molar-refractivity contribution in [3.63, 3.8) is 0 Å². The van der Waals surface area contributed by atoms with E-state index in [1.807, 2.05) is 0 Å². The van der Waals surface area contributed by atoms with Gasteiger partial charge >= 0.3 is 0 Å². The minimum Gasteiger partial charge on any atom is -0.352 e. The molecule has 1 heterocycles. The van der Waals surface area contributed by atoms with E-state index in [9.17, 15) is 9.18 Å². The van der Waals surface area contributed by atoms with Crippen molar-refractivity contribution in [2.45, 2.75) is 27.3 Å². The summed E-state index contributed by atoms with van der Waals surface area (Å²) in [4.78, 5) is 11.3. The number of nitrogens with zero attached hydrogens (tertiary/aromatic N) is 2. The second-order valence-corrected chi connectivity index (χ2v) is 3.85. The molecule has 1 amide bonds. The van der Waals surface area contributed by atoms with E-state index in [-0.39, 0.29) is 18.4 Å². The summed E-state index contributed by atoms with van der Waals surface area (Å²) in [7, 11) is 1.67. The number of hydrogen-bond acceptors (Lipinski definition) is 2. The second kappa shape index (κ2) is 4.42. The molecule has 5 heteroatoms. The van der Waals surface area contributed by atoms with Gasteiger partial charge in [-0.05, 0) is 6.92 Å². The van der Waals surface area contributed by atoms with Gasteiger partial charge in [0, 0.05) is 30.8 Å². The Bertz CT molecular complexity index is 371. The summed E-state index contributed by atoms with van der Waals surface area (Å²) in [6, 6.07) is 0. The maximum absolute atomic E-state index is 13.2. The third-order valence-corrected chi connectivity index (χ3v) is 2.37. The summed E-state index contributed by atoms with van der Waals surface area (Å²) in [5, 5.41) is 6.29. The van der Waals surface area contributed by atoms with E-state index < -0.39 is 5.95 Å². The van der Waals surface area contributed by atoms with Gasteiger partial charge in [-0.1, -0.05) is 13.8 Å². The molecule has 0 aromatic carbocycles. The van der Waals surface area contributed by atoms with Gasteiger partial charge in [0.2, 0.25) is 11.9 Å². The molecule has 1 aromatic heterocycles. The van der Waals surface area contributed by atoms with Crippen LogP contribution in [-0.4, -0.2) is 15.7 Å². The molecule has 0 spiro atoms. The van der Waals surface area contributed by atoms with Gasteiger partial charge in [-0.25, -0.2) is 0 Å². The normalized spacial score (nSPS) is 10.8. The lowest BCUT2D eigenvalue weighted by Crippen LogP contribution is -2.27. The topological polar surface area (TPSA) is 46.9 Å². The van der Waals surface area contributed by atoms with Crippen LogP contribution < -0.4 is 5.32 Å². The number of nitrogens with one attached hydrogen (secondary N) is 1. The van der Waals surface area contributed by atoms with Crippen LogP contribution in [0.2, 0.25) is 0 Å². The number of amides is 1. The molecule has 0 saturated carbocycles. The fourth-order valence-corrected chi connectivity index (χ4v) is 1.19. The third-order valence-electron chi connectivity index (χ3n) is 2.37. The number of carbonyl (C=O) groups excluding carboxylic acids is 1. The average Bonchev–Trinajstić information content (AvgIpc) is 2.38. The van der Waals surface area contributed by atoms with Crippen molar-refractivity contribution >= 4 is 5.91 Å². The van der Waals surface area contributed by atoms with E-state index in [1.54, 1.807) is 27.8 Å². The molecular formula is C10H16FN3O. The minimum atomic E-state index is -0.515. The number of rotatable bonds is 3. The molecule has 0 aliphatic heterocycles. The summed E-state index contributed by atoms with van der Waals surface area (Å²) in [6.45, 7) is 5.55. The predicted molar refractivity (Wildman–Crippen MR) is 54.6 cm³/mol. The summed E-state index contributed by atoms with van der Waals surface area (Å²) < 4.78 is 14.7. The van der Waals surface area contributed by atoms with Gasteiger partial charge in [0.15, 0.2) is 0 Å². The molecule has 0 fully saturated rings. The van der Waals surface area contributed by atoms with Crippen molar-refractivity contribution in [1.82, 2.24) is 15.1 Å². The standard InChI is InChI=1S/C10H16FN3O/c1-6(2)10(15)12-5-8-7(3)14(4)13-9(8)11/h6H,5H2,1-4H3,(H,12,15). The highest BCUT2D eigenvalue weighted by Crippen LogP contribution is 2.10. The molecule has 15 heavy (non-hydrogen) atoms. The van der Waals surface area contributed by atoms with Crippen LogP contribution >= 0.6 is 0 Å². The molecule has 0 saturated heterocycles. The maximum atomic E-state index is 13.2. The van der Waals surface area contributed by atoms with E-state index in [4.69, 9.17) is 0 Å². The number of aromatic nitrogens is 2. The van der Waals surface area contributed by atoms with Crippen molar-refractivity contribution in [1.29, 1.82) is 0 Å². The van der Waals surface area contributed by atoms with E-state index in [0.717, 1.165) is 5.69 Å². The van der Waals surface area contributed by atoms with Crippen molar-refractivity contribution in [2.24, 2.45) is 13.0 Å². The van der Waals surface area contributed by atoms with Crippen molar-refractivity contribution in [3.8, 4) is 0 Å². The molecule has 0 aliphatic rings. The molecule has 84 valence electrons. The van der Waals surface area contributed by atoms with Crippen molar-refractivity contribution in [3.05, 3.63) is 17.2 Å². The molecule has 1 rings (SSSR count). The van der Waals surface area contributed by atoms with Crippen molar-refractivity contribution < 1.29 is 9.18 Å². The zero-order chi connectivity index (χ0) is 11.6. The summed E-state index contributed by atoms with van der Waals surface area (Å²) in [5.41, 5.74) is 1.18. The number of hydrogen-bond donors (Lipinski definition) is 1. The first-order valence-electron chi connectivity index (χ1n) is 4.89. The first-order chi connectivity index (χ1) is 6.93. The molecule has 0 atom stereocenters. The lowest BCUT2D eigenvalue weighted by atomic mass is 10.2. The van der Waals surface area contributed by atoms with Gasteiger partial charge in [-0.15, -0.1) is 5.10 Å². The van der Waals surface area contributed by atoms with Gasteiger partial charge in [-0.2, -0.15) is 4.39 Å². The monoisotopic (exact) mass is 213 g/mol. The second-order valence-electron chi connectivity index (χ2n) is 3.85. The van der Waals surface area contributed by atoms with Gasteiger partial charge in [0.1, 0.15) is 0 Å². The summed E-state index contributed by atoms with van der Waals surface area (Å²) in [5.74, 6) is -0.693. The molecule has 0 unspecified atom stereocenters. The molecule has 1 aromatic rings. The maximum Gasteiger partial charge on any atom is 0.237 e. The number of aryl methyl sites for hydroxylation is 1. The molecule has 0 radical (unpaired) electrons. The van der Waals surface area contributed by atoms with Crippen LogP contribution in [0, 0.1) is 18.8 Å². The quantitative estimate of drug-likeness (QED) is 0.818. The molecular weight excluding hydrogens is 197 g/mol. The highest BCUT2D eigenvalue weighted by molar-refractivity contribution is 5.77. The molecule has 1 N–H and O–H groups in total. The number of halogens is 1. The Labute approximate surface area is 88.5 Å². The lowest BCUT2D eigenvalue weighted by Gasteiger charge is -2.06. The smallest absolute Gasteiger partial charge is 0.237 e. The Kier molecular flexibility index (Phi) is 3.44. The fourth-order valence-electron chi connectivity index (χ4n) is 1.19. The van der Waals surface area contributed by atoms with Crippen LogP contribution in [0.15, 0.2) is 0 Å². The van der Waals surface area contributed by atoms with E-state index in [0.29, 0.717) is 5.56 Å². The first-order valence-corrected chi connectivity index (χ1v) is 4.89. The highest BCUT2D eigenvalue weighted by Gasteiger charge is 2.14. The van der Waals surface area contributed by atoms with Crippen LogP contribution in [0.3, 0.4) is 0 Å². The Balaban J connectivity index is 2.69. The molecule has 0 bridgehead atoms. The van der Waals surface area contributed by atoms with Gasteiger partial charge < -0.3 is 5.32 Å². The van der Waals surface area contributed by atoms with Gasteiger partial charge in [0.25, 0.3) is 0 Å². The van der Waals surface area contributed by atoms with E-state index in [2.05, 4.69) is 10.4 Å². The van der Waals surface area contributed by atoms with Crippen molar-refractivity contribution in [2.75, 3.05) is 0 Å². The van der Waals surface area contributed by atoms with Crippen LogP contribution in [-0.2, 0) is 18.4 Å². The minimum absolute atomic E-state index is 0.0855. The van der Waals surface area contributed by atoms with Gasteiger partial charge in [-0.3, -0.25) is 9.48 Å². The zero-order valence-electron chi connectivity index (χ0n) is 9.47. The Morgan fingerprint density at radius 3 is 2.60 bits per heavy atom. The lowest BCUT2D eigenvalue weighted by molar-refractivity contribution is -0.124. The highest BCUT2D eigenvalue weighted by atomic mass is 19.1. The predicted octanol–water partition coefficient (Wildman–Crippen LogP) is 1.14. The first kappa shape index (κ1) is 11.7. The van der Waals surface area contributed by atoms with Gasteiger partial charge in [0.05, 0.1) is 0 Å². The fraction of sp³-hybridized carbons (Fsp3) is 0.600. The largest absolute Gasteiger partial charge is 0.352 e. The molecule has 0 aliphatic carbocycles. The summed E-state index contributed by atoms with van der Waals surface area (Å²) in [6.07, 6.45) is 0. The SMILES string of the molecule is Cc1c(CNC(=O)C(C)C)c(F)nn1C. The summed E-state index contributed by atoms with van der Waals surface area (Å²) >= 11 is 0. The van der Waals surface area contributed by atoms with E-state index in [1.165, 1.54) is 4.68 Å². The van der Waals surface area contributed by atoms with Crippen LogP contribution in [0.4, 0.5) is 4.39 Å². The molecule has 4 nitrogen and oxygen atoms in total. The Hall–Kier alpha value is -1.39. The third kappa shape index (κ3) is 2.55.